The number of rotatable bonds is 3. The minimum atomic E-state index is -0.789. The van der Waals surface area contributed by atoms with Gasteiger partial charge in [-0.3, -0.25) is 0 Å². The van der Waals surface area contributed by atoms with Crippen molar-refractivity contribution < 1.29 is 19.0 Å². The topological polar surface area (TPSA) is 38.7 Å². The normalized spacial score (nSPS) is 22.4. The fraction of sp³-hybridized carbons (Fsp3) is 0.500. The molecule has 1 fully saturated rings. The fourth-order valence-electron chi connectivity index (χ4n) is 1.78. The van der Waals surface area contributed by atoms with Gasteiger partial charge >= 0.3 is 0 Å². The summed E-state index contributed by atoms with van der Waals surface area (Å²) in [5.41, 5.74) is 0.388. The van der Waals surface area contributed by atoms with Gasteiger partial charge in [-0.15, -0.1) is 0 Å². The van der Waals surface area contributed by atoms with Crippen molar-refractivity contribution in [3.05, 3.63) is 34.6 Å². The largest absolute Gasteiger partial charge is 0.390 e. The Morgan fingerprint density at radius 3 is 3.00 bits per heavy atom. The first-order valence-electron chi connectivity index (χ1n) is 5.48. The van der Waals surface area contributed by atoms with Gasteiger partial charge in [-0.1, -0.05) is 11.6 Å². The number of halogens is 2. The van der Waals surface area contributed by atoms with Crippen LogP contribution in [0.4, 0.5) is 4.39 Å². The van der Waals surface area contributed by atoms with E-state index < -0.39 is 12.2 Å². The summed E-state index contributed by atoms with van der Waals surface area (Å²) in [5, 5.41) is 10.4. The van der Waals surface area contributed by atoms with E-state index in [9.17, 15) is 9.50 Å². The molecule has 1 N–H and O–H groups in total. The molecule has 0 aromatic heterocycles. The zero-order valence-electron chi connectivity index (χ0n) is 9.23. The lowest BCUT2D eigenvalue weighted by molar-refractivity contribution is -0.131. The molecule has 2 rings (SSSR count). The molecule has 17 heavy (non-hydrogen) atoms. The molecule has 2 unspecified atom stereocenters. The molecule has 1 aromatic rings. The molecular weight excluding hydrogens is 247 g/mol. The molecule has 0 saturated carbocycles. The zero-order chi connectivity index (χ0) is 12.3. The number of ether oxygens (including phenoxy) is 2. The van der Waals surface area contributed by atoms with Crippen LogP contribution in [0, 0.1) is 5.82 Å². The average Bonchev–Trinajstić information content (AvgIpc) is 2.35. The average molecular weight is 261 g/mol. The standard InChI is InChI=1S/C12H14ClFO3/c13-9-1-2-10(14)8(5-9)6-11(15)12-7-16-3-4-17-12/h1-2,5,11-12,15H,3-4,6-7H2. The zero-order valence-corrected chi connectivity index (χ0v) is 9.99. The van der Waals surface area contributed by atoms with Crippen molar-refractivity contribution >= 4 is 11.6 Å². The van der Waals surface area contributed by atoms with Crippen LogP contribution in [0.15, 0.2) is 18.2 Å². The summed E-state index contributed by atoms with van der Waals surface area (Å²) in [7, 11) is 0. The monoisotopic (exact) mass is 260 g/mol. The fourth-order valence-corrected chi connectivity index (χ4v) is 1.98. The molecule has 1 saturated heterocycles. The molecule has 1 aliphatic rings. The van der Waals surface area contributed by atoms with Gasteiger partial charge in [-0.05, 0) is 23.8 Å². The second-order valence-electron chi connectivity index (χ2n) is 3.99. The molecule has 1 heterocycles. The summed E-state index contributed by atoms with van der Waals surface area (Å²) in [6.07, 6.45) is -1.02. The lowest BCUT2D eigenvalue weighted by Crippen LogP contribution is -2.39. The third-order valence-electron chi connectivity index (χ3n) is 2.71. The number of hydrogen-bond donors (Lipinski definition) is 1. The molecule has 3 nitrogen and oxygen atoms in total. The SMILES string of the molecule is OC(Cc1cc(Cl)ccc1F)C1COCCO1. The van der Waals surface area contributed by atoms with E-state index in [2.05, 4.69) is 0 Å². The van der Waals surface area contributed by atoms with Crippen LogP contribution in [-0.4, -0.2) is 37.1 Å². The summed E-state index contributed by atoms with van der Waals surface area (Å²) >= 11 is 5.78. The van der Waals surface area contributed by atoms with Crippen LogP contribution in [0.2, 0.25) is 5.02 Å². The van der Waals surface area contributed by atoms with Crippen LogP contribution in [0.1, 0.15) is 5.56 Å². The van der Waals surface area contributed by atoms with Crippen LogP contribution in [-0.2, 0) is 15.9 Å². The minimum absolute atomic E-state index is 0.167. The van der Waals surface area contributed by atoms with Gasteiger partial charge in [0.2, 0.25) is 0 Å². The number of aliphatic hydroxyl groups is 1. The van der Waals surface area contributed by atoms with E-state index in [1.54, 1.807) is 0 Å². The van der Waals surface area contributed by atoms with Crippen LogP contribution < -0.4 is 0 Å². The smallest absolute Gasteiger partial charge is 0.126 e. The first kappa shape index (κ1) is 12.8. The molecule has 5 heteroatoms. The Bertz CT molecular complexity index is 380. The van der Waals surface area contributed by atoms with Gasteiger partial charge in [-0.2, -0.15) is 0 Å². The van der Waals surface area contributed by atoms with Crippen LogP contribution >= 0.6 is 11.6 Å². The van der Waals surface area contributed by atoms with E-state index in [1.807, 2.05) is 0 Å². The molecule has 94 valence electrons. The molecule has 0 amide bonds. The number of benzene rings is 1. The quantitative estimate of drug-likeness (QED) is 0.901. The molecule has 0 bridgehead atoms. The highest BCUT2D eigenvalue weighted by Gasteiger charge is 2.24. The van der Waals surface area contributed by atoms with Gasteiger partial charge in [0.15, 0.2) is 0 Å². The molecule has 1 aliphatic heterocycles. The highest BCUT2D eigenvalue weighted by atomic mass is 35.5. The summed E-state index contributed by atoms with van der Waals surface area (Å²) in [4.78, 5) is 0. The van der Waals surface area contributed by atoms with Crippen molar-refractivity contribution in [2.75, 3.05) is 19.8 Å². The Kier molecular flexibility index (Phi) is 4.34. The lowest BCUT2D eigenvalue weighted by Gasteiger charge is -2.27. The van der Waals surface area contributed by atoms with Crippen LogP contribution in [0.25, 0.3) is 0 Å². The van der Waals surface area contributed by atoms with E-state index in [0.717, 1.165) is 0 Å². The molecular formula is C12H14ClFO3. The van der Waals surface area contributed by atoms with Gasteiger partial charge < -0.3 is 14.6 Å². The van der Waals surface area contributed by atoms with Gasteiger partial charge in [0.05, 0.1) is 25.9 Å². The second kappa shape index (κ2) is 5.78. The summed E-state index contributed by atoms with van der Waals surface area (Å²) in [6, 6.07) is 4.29. The lowest BCUT2D eigenvalue weighted by atomic mass is 10.0. The highest BCUT2D eigenvalue weighted by Crippen LogP contribution is 2.18. The molecule has 0 radical (unpaired) electrons. The maximum absolute atomic E-state index is 13.5. The summed E-state index contributed by atoms with van der Waals surface area (Å²) < 4.78 is 24.0. The molecule has 0 aliphatic carbocycles. The predicted molar refractivity (Wildman–Crippen MR) is 61.7 cm³/mol. The van der Waals surface area contributed by atoms with Crippen molar-refractivity contribution in [1.82, 2.24) is 0 Å². The third kappa shape index (κ3) is 3.39. The first-order chi connectivity index (χ1) is 8.16. The molecule has 1 aromatic carbocycles. The summed E-state index contributed by atoms with van der Waals surface area (Å²) in [5.74, 6) is -0.370. The van der Waals surface area contributed by atoms with Crippen molar-refractivity contribution in [2.45, 2.75) is 18.6 Å². The van der Waals surface area contributed by atoms with E-state index in [0.29, 0.717) is 30.4 Å². The van der Waals surface area contributed by atoms with Gasteiger partial charge in [0.1, 0.15) is 11.9 Å². The Balaban J connectivity index is 2.01. The van der Waals surface area contributed by atoms with E-state index >= 15 is 0 Å². The minimum Gasteiger partial charge on any atom is -0.390 e. The highest BCUT2D eigenvalue weighted by molar-refractivity contribution is 6.30. The Morgan fingerprint density at radius 1 is 1.47 bits per heavy atom. The van der Waals surface area contributed by atoms with Gasteiger partial charge in [0.25, 0.3) is 0 Å². The summed E-state index contributed by atoms with van der Waals surface area (Å²) in [6.45, 7) is 1.33. The number of aliphatic hydroxyl groups excluding tert-OH is 1. The number of hydrogen-bond acceptors (Lipinski definition) is 3. The van der Waals surface area contributed by atoms with Gasteiger partial charge in [-0.25, -0.2) is 4.39 Å². The van der Waals surface area contributed by atoms with Crippen LogP contribution in [0.5, 0.6) is 0 Å². The van der Waals surface area contributed by atoms with Crippen molar-refractivity contribution in [1.29, 1.82) is 0 Å². The van der Waals surface area contributed by atoms with E-state index in [-0.39, 0.29) is 12.2 Å². The molecule has 0 spiro atoms. The maximum atomic E-state index is 13.5. The van der Waals surface area contributed by atoms with E-state index in [4.69, 9.17) is 21.1 Å². The molecule has 2 atom stereocenters. The third-order valence-corrected chi connectivity index (χ3v) is 2.94. The first-order valence-corrected chi connectivity index (χ1v) is 5.86. The maximum Gasteiger partial charge on any atom is 0.126 e. The van der Waals surface area contributed by atoms with Crippen molar-refractivity contribution in [2.24, 2.45) is 0 Å². The van der Waals surface area contributed by atoms with Crippen molar-refractivity contribution in [3.8, 4) is 0 Å². The Hall–Kier alpha value is -0.680. The van der Waals surface area contributed by atoms with E-state index in [1.165, 1.54) is 18.2 Å². The van der Waals surface area contributed by atoms with Crippen molar-refractivity contribution in [3.63, 3.8) is 0 Å². The van der Waals surface area contributed by atoms with Crippen LogP contribution in [0.3, 0.4) is 0 Å². The second-order valence-corrected chi connectivity index (χ2v) is 4.43. The van der Waals surface area contributed by atoms with Gasteiger partial charge in [0, 0.05) is 11.4 Å². The Labute approximate surface area is 104 Å². The Morgan fingerprint density at radius 2 is 2.29 bits per heavy atom. The predicted octanol–water partition coefficient (Wildman–Crippen LogP) is 1.80.